The Kier molecular flexibility index (Phi) is 1.30. The number of para-hydroxylation sites is 1. The molecular formula is C13H10O2. The third kappa shape index (κ3) is 0.876. The highest BCUT2D eigenvalue weighted by molar-refractivity contribution is 5.51. The molecule has 0 radical (unpaired) electrons. The molecule has 0 amide bonds. The summed E-state index contributed by atoms with van der Waals surface area (Å²) >= 11 is 0. The highest BCUT2D eigenvalue weighted by Gasteiger charge is 2.45. The maximum Gasteiger partial charge on any atom is 0.130 e. The van der Waals surface area contributed by atoms with E-state index in [0.29, 0.717) is 5.92 Å². The van der Waals surface area contributed by atoms with Gasteiger partial charge >= 0.3 is 0 Å². The monoisotopic (exact) mass is 198 g/mol. The Balaban J connectivity index is 1.92. The van der Waals surface area contributed by atoms with Crippen LogP contribution in [-0.4, -0.2) is 12.2 Å². The second-order valence-electron chi connectivity index (χ2n) is 4.16. The molecular weight excluding hydrogens is 188 g/mol. The first-order valence-electron chi connectivity index (χ1n) is 5.23. The lowest BCUT2D eigenvalue weighted by Gasteiger charge is -2.25. The molecule has 1 saturated heterocycles. The van der Waals surface area contributed by atoms with E-state index in [0.717, 1.165) is 5.75 Å². The molecule has 3 aliphatic heterocycles. The van der Waals surface area contributed by atoms with E-state index in [9.17, 15) is 0 Å². The van der Waals surface area contributed by atoms with Crippen LogP contribution in [0.1, 0.15) is 11.5 Å². The van der Waals surface area contributed by atoms with Gasteiger partial charge in [-0.15, -0.1) is 0 Å². The zero-order valence-corrected chi connectivity index (χ0v) is 8.09. The van der Waals surface area contributed by atoms with E-state index >= 15 is 0 Å². The summed E-state index contributed by atoms with van der Waals surface area (Å²) in [7, 11) is 0. The molecule has 3 heterocycles. The van der Waals surface area contributed by atoms with Crippen LogP contribution in [0.4, 0.5) is 0 Å². The highest BCUT2D eigenvalue weighted by atomic mass is 16.5. The summed E-state index contributed by atoms with van der Waals surface area (Å²) in [4.78, 5) is 0. The van der Waals surface area contributed by atoms with E-state index in [1.54, 1.807) is 0 Å². The van der Waals surface area contributed by atoms with E-state index in [-0.39, 0.29) is 12.2 Å². The first-order chi connectivity index (χ1) is 7.43. The SMILES string of the molecule is C1=CC2OC1C1=COc3ccccc3C12. The maximum atomic E-state index is 5.82. The van der Waals surface area contributed by atoms with Gasteiger partial charge in [0, 0.05) is 17.1 Å². The predicted molar refractivity (Wildman–Crippen MR) is 55.7 cm³/mol. The summed E-state index contributed by atoms with van der Waals surface area (Å²) in [5.74, 6) is 1.35. The van der Waals surface area contributed by atoms with E-state index in [1.165, 1.54) is 11.1 Å². The van der Waals surface area contributed by atoms with E-state index in [1.807, 2.05) is 18.4 Å². The van der Waals surface area contributed by atoms with Gasteiger partial charge in [0.2, 0.25) is 0 Å². The molecule has 3 unspecified atom stereocenters. The number of rotatable bonds is 0. The largest absolute Gasteiger partial charge is 0.465 e. The van der Waals surface area contributed by atoms with Crippen LogP contribution in [0.3, 0.4) is 0 Å². The van der Waals surface area contributed by atoms with Gasteiger partial charge in [0.05, 0.1) is 12.4 Å². The van der Waals surface area contributed by atoms with Crippen LogP contribution in [-0.2, 0) is 4.74 Å². The smallest absolute Gasteiger partial charge is 0.130 e. The Morgan fingerprint density at radius 2 is 2.00 bits per heavy atom. The fourth-order valence-corrected chi connectivity index (χ4v) is 2.69. The van der Waals surface area contributed by atoms with Crippen molar-refractivity contribution in [3.63, 3.8) is 0 Å². The molecule has 0 aliphatic carbocycles. The lowest BCUT2D eigenvalue weighted by molar-refractivity contribution is 0.122. The average molecular weight is 198 g/mol. The van der Waals surface area contributed by atoms with Crippen molar-refractivity contribution in [2.75, 3.05) is 0 Å². The summed E-state index contributed by atoms with van der Waals surface area (Å²) in [5.41, 5.74) is 2.52. The molecule has 0 N–H and O–H groups in total. The Hall–Kier alpha value is -1.54. The Morgan fingerprint density at radius 1 is 1.07 bits per heavy atom. The molecule has 15 heavy (non-hydrogen) atoms. The van der Waals surface area contributed by atoms with Gasteiger partial charge in [-0.25, -0.2) is 0 Å². The summed E-state index contributed by atoms with van der Waals surface area (Å²) in [6.45, 7) is 0. The molecule has 2 nitrogen and oxygen atoms in total. The normalized spacial score (nSPS) is 34.4. The average Bonchev–Trinajstić information content (AvgIpc) is 2.89. The van der Waals surface area contributed by atoms with Crippen LogP contribution in [0.15, 0.2) is 48.3 Å². The number of ether oxygens (including phenoxy) is 2. The second kappa shape index (κ2) is 2.52. The van der Waals surface area contributed by atoms with Crippen molar-refractivity contribution in [2.45, 2.75) is 18.1 Å². The van der Waals surface area contributed by atoms with Gasteiger partial charge < -0.3 is 9.47 Å². The van der Waals surface area contributed by atoms with E-state index in [4.69, 9.17) is 9.47 Å². The molecule has 74 valence electrons. The quantitative estimate of drug-likeness (QED) is 0.596. The molecule has 1 aromatic carbocycles. The van der Waals surface area contributed by atoms with Gasteiger partial charge in [-0.1, -0.05) is 30.4 Å². The van der Waals surface area contributed by atoms with Crippen LogP contribution >= 0.6 is 0 Å². The van der Waals surface area contributed by atoms with Gasteiger partial charge in [-0.2, -0.15) is 0 Å². The van der Waals surface area contributed by atoms with Crippen molar-refractivity contribution in [3.8, 4) is 5.75 Å². The van der Waals surface area contributed by atoms with Crippen molar-refractivity contribution in [1.82, 2.24) is 0 Å². The predicted octanol–water partition coefficient (Wildman–Crippen LogP) is 2.38. The molecule has 0 spiro atoms. The fourth-order valence-electron chi connectivity index (χ4n) is 2.69. The summed E-state index contributed by atoms with van der Waals surface area (Å²) in [5, 5.41) is 0. The second-order valence-corrected chi connectivity index (χ2v) is 4.16. The summed E-state index contributed by atoms with van der Waals surface area (Å²) in [6.07, 6.45) is 6.50. The van der Waals surface area contributed by atoms with Crippen molar-refractivity contribution in [3.05, 3.63) is 53.8 Å². The molecule has 3 atom stereocenters. The number of fused-ring (bicyclic) bond motifs is 7. The molecule has 1 aromatic rings. The van der Waals surface area contributed by atoms with Crippen molar-refractivity contribution in [1.29, 1.82) is 0 Å². The fraction of sp³-hybridized carbons (Fsp3) is 0.231. The molecule has 0 aromatic heterocycles. The molecule has 1 fully saturated rings. The maximum absolute atomic E-state index is 5.82. The van der Waals surface area contributed by atoms with Crippen LogP contribution < -0.4 is 4.74 Å². The Morgan fingerprint density at radius 3 is 3.00 bits per heavy atom. The highest BCUT2D eigenvalue weighted by Crippen LogP contribution is 2.49. The number of hydrogen-bond donors (Lipinski definition) is 0. The minimum absolute atomic E-state index is 0.147. The molecule has 2 bridgehead atoms. The van der Waals surface area contributed by atoms with Crippen LogP contribution in [0.25, 0.3) is 0 Å². The summed E-state index contributed by atoms with van der Waals surface area (Å²) in [6, 6.07) is 8.20. The third-order valence-electron chi connectivity index (χ3n) is 3.37. The zero-order valence-electron chi connectivity index (χ0n) is 8.09. The molecule has 0 saturated carbocycles. The van der Waals surface area contributed by atoms with Gasteiger partial charge in [0.15, 0.2) is 0 Å². The molecule has 3 aliphatic rings. The summed E-state index contributed by atoms with van der Waals surface area (Å²) < 4.78 is 11.4. The minimum Gasteiger partial charge on any atom is -0.465 e. The minimum atomic E-state index is 0.147. The van der Waals surface area contributed by atoms with Crippen LogP contribution in [0, 0.1) is 0 Å². The van der Waals surface area contributed by atoms with Crippen molar-refractivity contribution in [2.24, 2.45) is 0 Å². The van der Waals surface area contributed by atoms with Crippen molar-refractivity contribution >= 4 is 0 Å². The molecule has 4 rings (SSSR count). The molecule has 2 heteroatoms. The van der Waals surface area contributed by atoms with Crippen LogP contribution in [0.5, 0.6) is 5.75 Å². The number of hydrogen-bond acceptors (Lipinski definition) is 2. The Labute approximate surface area is 87.8 Å². The first kappa shape index (κ1) is 7.71. The lowest BCUT2D eigenvalue weighted by atomic mass is 9.82. The zero-order chi connectivity index (χ0) is 9.83. The number of benzene rings is 1. The van der Waals surface area contributed by atoms with E-state index in [2.05, 4.69) is 24.3 Å². The first-order valence-corrected chi connectivity index (χ1v) is 5.23. The topological polar surface area (TPSA) is 18.5 Å². The third-order valence-corrected chi connectivity index (χ3v) is 3.37. The Bertz CT molecular complexity index is 487. The van der Waals surface area contributed by atoms with Crippen molar-refractivity contribution < 1.29 is 9.47 Å². The lowest BCUT2D eigenvalue weighted by Crippen LogP contribution is -2.18. The van der Waals surface area contributed by atoms with E-state index < -0.39 is 0 Å². The van der Waals surface area contributed by atoms with Gasteiger partial charge in [0.25, 0.3) is 0 Å². The van der Waals surface area contributed by atoms with Gasteiger partial charge in [0.1, 0.15) is 11.9 Å². The van der Waals surface area contributed by atoms with Gasteiger partial charge in [-0.3, -0.25) is 0 Å². The standard InChI is InChI=1S/C13H10O2/c1-2-4-10-8(3-1)13-9(7-14-10)11-5-6-12(13)15-11/h1-7,11-13H. The van der Waals surface area contributed by atoms with Crippen LogP contribution in [0.2, 0.25) is 0 Å². The van der Waals surface area contributed by atoms with Gasteiger partial charge in [-0.05, 0) is 6.07 Å².